The lowest BCUT2D eigenvalue weighted by Gasteiger charge is -2.19. The van der Waals surface area contributed by atoms with Gasteiger partial charge in [0.25, 0.3) is 0 Å². The van der Waals surface area contributed by atoms with E-state index >= 15 is 0 Å². The van der Waals surface area contributed by atoms with E-state index in [-0.39, 0.29) is 10.6 Å². The smallest absolute Gasteiger partial charge is 0.321 e. The van der Waals surface area contributed by atoms with Crippen LogP contribution in [0.25, 0.3) is 0 Å². The van der Waals surface area contributed by atoms with E-state index < -0.39 is 35.1 Å². The van der Waals surface area contributed by atoms with Gasteiger partial charge in [-0.2, -0.15) is 4.31 Å². The minimum Gasteiger partial charge on any atom is -0.508 e. The van der Waals surface area contributed by atoms with Gasteiger partial charge in [0.15, 0.2) is 0 Å². The summed E-state index contributed by atoms with van der Waals surface area (Å²) in [7, 11) is -1.90. The minimum absolute atomic E-state index is 0.110. The first-order valence-electron chi connectivity index (χ1n) is 5.74. The van der Waals surface area contributed by atoms with Crippen LogP contribution < -0.4 is 0 Å². The zero-order chi connectivity index (χ0) is 16.0. The average molecular weight is 317 g/mol. The summed E-state index contributed by atoms with van der Waals surface area (Å²) in [6.07, 6.45) is 0. The van der Waals surface area contributed by atoms with Crippen LogP contribution in [-0.4, -0.2) is 57.1 Å². The van der Waals surface area contributed by atoms with Gasteiger partial charge in [-0.3, -0.25) is 9.59 Å². The third kappa shape index (κ3) is 4.43. The van der Waals surface area contributed by atoms with E-state index in [2.05, 4.69) is 9.47 Å². The Morgan fingerprint density at radius 1 is 1.05 bits per heavy atom. The summed E-state index contributed by atoms with van der Waals surface area (Å²) in [4.78, 5) is 22.4. The molecule has 116 valence electrons. The van der Waals surface area contributed by atoms with Crippen LogP contribution in [0.15, 0.2) is 29.2 Å². The van der Waals surface area contributed by atoms with Gasteiger partial charge in [0.1, 0.15) is 18.8 Å². The molecule has 0 saturated heterocycles. The van der Waals surface area contributed by atoms with Crippen LogP contribution in [0, 0.1) is 0 Å². The lowest BCUT2D eigenvalue weighted by Crippen LogP contribution is -2.40. The number of phenols is 1. The van der Waals surface area contributed by atoms with E-state index in [1.54, 1.807) is 0 Å². The molecule has 0 aromatic heterocycles. The van der Waals surface area contributed by atoms with Gasteiger partial charge in [-0.15, -0.1) is 0 Å². The number of carbonyl (C=O) groups excluding carboxylic acids is 2. The second-order valence-electron chi connectivity index (χ2n) is 3.92. The number of methoxy groups -OCH3 is 2. The number of rotatable bonds is 6. The Kier molecular flexibility index (Phi) is 5.68. The maximum absolute atomic E-state index is 12.4. The Morgan fingerprint density at radius 3 is 1.86 bits per heavy atom. The number of hydrogen-bond donors (Lipinski definition) is 1. The van der Waals surface area contributed by atoms with Crippen LogP contribution in [-0.2, 0) is 29.1 Å². The molecule has 1 N–H and O–H groups in total. The van der Waals surface area contributed by atoms with Crippen molar-refractivity contribution in [1.29, 1.82) is 0 Å². The number of ether oxygens (including phenoxy) is 2. The highest BCUT2D eigenvalue weighted by molar-refractivity contribution is 7.89. The summed E-state index contributed by atoms with van der Waals surface area (Å²) in [5.74, 6) is -1.75. The monoisotopic (exact) mass is 317 g/mol. The highest BCUT2D eigenvalue weighted by atomic mass is 32.2. The molecule has 0 aliphatic heterocycles. The first-order chi connectivity index (χ1) is 9.81. The Morgan fingerprint density at radius 2 is 1.48 bits per heavy atom. The summed E-state index contributed by atoms with van der Waals surface area (Å²) in [5.41, 5.74) is 0. The summed E-state index contributed by atoms with van der Waals surface area (Å²) >= 11 is 0. The van der Waals surface area contributed by atoms with Crippen molar-refractivity contribution in [3.05, 3.63) is 24.3 Å². The molecular formula is C12H15NO7S. The third-order valence-corrected chi connectivity index (χ3v) is 4.35. The summed E-state index contributed by atoms with van der Waals surface area (Å²) in [5, 5.41) is 9.17. The van der Waals surface area contributed by atoms with Crippen molar-refractivity contribution < 1.29 is 32.6 Å². The number of hydrogen-bond acceptors (Lipinski definition) is 7. The van der Waals surface area contributed by atoms with E-state index in [9.17, 15) is 23.1 Å². The molecule has 0 amide bonds. The van der Waals surface area contributed by atoms with Crippen LogP contribution >= 0.6 is 0 Å². The van der Waals surface area contributed by atoms with Crippen LogP contribution in [0.2, 0.25) is 0 Å². The molecule has 0 radical (unpaired) electrons. The van der Waals surface area contributed by atoms with E-state index in [0.717, 1.165) is 26.4 Å². The van der Waals surface area contributed by atoms with Gasteiger partial charge < -0.3 is 14.6 Å². The Balaban J connectivity index is 3.12. The fourth-order valence-corrected chi connectivity index (χ4v) is 2.74. The summed E-state index contributed by atoms with van der Waals surface area (Å²) in [6.45, 7) is -1.26. The lowest BCUT2D eigenvalue weighted by atomic mass is 10.3. The molecule has 0 atom stereocenters. The van der Waals surface area contributed by atoms with Gasteiger partial charge in [-0.25, -0.2) is 8.42 Å². The summed E-state index contributed by atoms with van der Waals surface area (Å²) < 4.78 is 34.2. The second-order valence-corrected chi connectivity index (χ2v) is 5.86. The molecule has 1 aromatic rings. The van der Waals surface area contributed by atoms with Gasteiger partial charge in [0.05, 0.1) is 19.1 Å². The van der Waals surface area contributed by atoms with Gasteiger partial charge in [0, 0.05) is 0 Å². The first-order valence-corrected chi connectivity index (χ1v) is 7.18. The quantitative estimate of drug-likeness (QED) is 0.719. The fourth-order valence-electron chi connectivity index (χ4n) is 1.41. The van der Waals surface area contributed by atoms with Gasteiger partial charge >= 0.3 is 11.9 Å². The Bertz CT molecular complexity index is 591. The molecule has 0 saturated carbocycles. The Hall–Kier alpha value is -2.13. The molecular weight excluding hydrogens is 302 g/mol. The zero-order valence-electron chi connectivity index (χ0n) is 11.5. The standard InChI is InChI=1S/C12H15NO7S/c1-19-11(15)7-13(8-12(16)20-2)21(17,18)10-5-3-9(14)4-6-10/h3-6,14H,7-8H2,1-2H3. The predicted molar refractivity (Wildman–Crippen MR) is 70.9 cm³/mol. The average Bonchev–Trinajstić information content (AvgIpc) is 2.46. The number of esters is 2. The van der Waals surface area contributed by atoms with Crippen molar-refractivity contribution in [2.45, 2.75) is 4.90 Å². The van der Waals surface area contributed by atoms with Gasteiger partial charge in [0.2, 0.25) is 10.0 Å². The topological polar surface area (TPSA) is 110 Å². The SMILES string of the molecule is COC(=O)CN(CC(=O)OC)S(=O)(=O)c1ccc(O)cc1. The minimum atomic E-state index is -4.11. The number of phenolic OH excluding ortho intramolecular Hbond substituents is 1. The van der Waals surface area contributed by atoms with Crippen molar-refractivity contribution in [2.24, 2.45) is 0 Å². The number of aromatic hydroxyl groups is 1. The molecule has 0 spiro atoms. The van der Waals surface area contributed by atoms with Crippen LogP contribution in [0.5, 0.6) is 5.75 Å². The number of nitrogens with zero attached hydrogens (tertiary/aromatic N) is 1. The summed E-state index contributed by atoms with van der Waals surface area (Å²) in [6, 6.07) is 4.68. The van der Waals surface area contributed by atoms with E-state index in [0.29, 0.717) is 4.31 Å². The van der Waals surface area contributed by atoms with Crippen LogP contribution in [0.3, 0.4) is 0 Å². The van der Waals surface area contributed by atoms with Gasteiger partial charge in [-0.1, -0.05) is 0 Å². The second kappa shape index (κ2) is 7.04. The fraction of sp³-hybridized carbons (Fsp3) is 0.333. The molecule has 0 unspecified atom stereocenters. The van der Waals surface area contributed by atoms with Crippen molar-refractivity contribution >= 4 is 22.0 Å². The molecule has 0 heterocycles. The van der Waals surface area contributed by atoms with Crippen LogP contribution in [0.4, 0.5) is 0 Å². The molecule has 0 fully saturated rings. The number of carbonyl (C=O) groups is 2. The first kappa shape index (κ1) is 16.9. The molecule has 21 heavy (non-hydrogen) atoms. The molecule has 0 bridgehead atoms. The molecule has 0 aliphatic rings. The third-order valence-electron chi connectivity index (χ3n) is 2.54. The highest BCUT2D eigenvalue weighted by Gasteiger charge is 2.29. The van der Waals surface area contributed by atoms with Crippen molar-refractivity contribution in [2.75, 3.05) is 27.3 Å². The van der Waals surface area contributed by atoms with Crippen molar-refractivity contribution in [3.8, 4) is 5.75 Å². The van der Waals surface area contributed by atoms with Crippen molar-refractivity contribution in [3.63, 3.8) is 0 Å². The lowest BCUT2D eigenvalue weighted by molar-refractivity contribution is -0.143. The van der Waals surface area contributed by atoms with Gasteiger partial charge in [-0.05, 0) is 24.3 Å². The Labute approximate surface area is 121 Å². The van der Waals surface area contributed by atoms with E-state index in [1.165, 1.54) is 12.1 Å². The number of sulfonamides is 1. The normalized spacial score (nSPS) is 11.2. The zero-order valence-corrected chi connectivity index (χ0v) is 12.3. The molecule has 9 heteroatoms. The number of benzene rings is 1. The maximum Gasteiger partial charge on any atom is 0.321 e. The molecule has 1 aromatic carbocycles. The molecule has 0 aliphatic carbocycles. The predicted octanol–water partition coefficient (Wildman–Crippen LogP) is -0.271. The van der Waals surface area contributed by atoms with E-state index in [4.69, 9.17) is 0 Å². The van der Waals surface area contributed by atoms with E-state index in [1.807, 2.05) is 0 Å². The largest absolute Gasteiger partial charge is 0.508 e. The highest BCUT2D eigenvalue weighted by Crippen LogP contribution is 2.18. The van der Waals surface area contributed by atoms with Crippen molar-refractivity contribution in [1.82, 2.24) is 4.31 Å². The molecule has 1 rings (SSSR count). The maximum atomic E-state index is 12.4. The molecule has 8 nitrogen and oxygen atoms in total. The van der Waals surface area contributed by atoms with Crippen LogP contribution in [0.1, 0.15) is 0 Å².